The van der Waals surface area contributed by atoms with Gasteiger partial charge in [0.25, 0.3) is 0 Å². The van der Waals surface area contributed by atoms with E-state index in [1.54, 1.807) is 6.92 Å². The van der Waals surface area contributed by atoms with Crippen LogP contribution in [0.5, 0.6) is 0 Å². The van der Waals surface area contributed by atoms with Crippen molar-refractivity contribution < 1.29 is 27.9 Å². The van der Waals surface area contributed by atoms with Crippen molar-refractivity contribution in [3.63, 3.8) is 0 Å². The highest BCUT2D eigenvalue weighted by molar-refractivity contribution is 7.89. The van der Waals surface area contributed by atoms with E-state index in [0.717, 1.165) is 6.07 Å². The number of carboxylic acid groups (broad SMARTS) is 1. The third kappa shape index (κ3) is 3.89. The molecule has 0 saturated carbocycles. The van der Waals surface area contributed by atoms with Gasteiger partial charge in [0.2, 0.25) is 10.0 Å². The number of aromatic carboxylic acids is 1. The van der Waals surface area contributed by atoms with E-state index in [4.69, 9.17) is 9.84 Å². The Balaban J connectivity index is 2.23. The van der Waals surface area contributed by atoms with Crippen molar-refractivity contribution in [1.29, 1.82) is 0 Å². The van der Waals surface area contributed by atoms with Crippen LogP contribution in [0.25, 0.3) is 0 Å². The Morgan fingerprint density at radius 1 is 1.39 bits per heavy atom. The Morgan fingerprint density at radius 2 is 2.13 bits per heavy atom. The summed E-state index contributed by atoms with van der Waals surface area (Å²) in [7, 11) is -3.84. The van der Waals surface area contributed by atoms with Crippen molar-refractivity contribution in [1.82, 2.24) is 4.31 Å². The van der Waals surface area contributed by atoms with Crippen LogP contribution in [-0.4, -0.2) is 49.5 Å². The molecule has 1 aliphatic heterocycles. The predicted molar refractivity (Wildman–Crippen MR) is 81.5 cm³/mol. The van der Waals surface area contributed by atoms with E-state index in [0.29, 0.717) is 19.4 Å². The summed E-state index contributed by atoms with van der Waals surface area (Å²) in [6.45, 7) is 2.31. The topological polar surface area (TPSA) is 101 Å². The highest BCUT2D eigenvalue weighted by atomic mass is 32.2. The maximum Gasteiger partial charge on any atom is 0.335 e. The second kappa shape index (κ2) is 7.10. The number of carbonyl (C=O) groups is 2. The summed E-state index contributed by atoms with van der Waals surface area (Å²) in [5, 5.41) is 8.99. The van der Waals surface area contributed by atoms with Crippen molar-refractivity contribution in [3.05, 3.63) is 29.8 Å². The van der Waals surface area contributed by atoms with Gasteiger partial charge in [0.15, 0.2) is 0 Å². The van der Waals surface area contributed by atoms with Gasteiger partial charge in [-0.25, -0.2) is 13.2 Å². The van der Waals surface area contributed by atoms with Crippen molar-refractivity contribution >= 4 is 22.0 Å². The maximum absolute atomic E-state index is 12.7. The van der Waals surface area contributed by atoms with Gasteiger partial charge < -0.3 is 9.84 Å². The van der Waals surface area contributed by atoms with Gasteiger partial charge in [-0.05, 0) is 38.0 Å². The third-order valence-electron chi connectivity index (χ3n) is 3.72. The lowest BCUT2D eigenvalue weighted by Gasteiger charge is -2.30. The lowest BCUT2D eigenvalue weighted by atomic mass is 10.0. The molecule has 1 unspecified atom stereocenters. The first kappa shape index (κ1) is 17.4. The van der Waals surface area contributed by atoms with Crippen LogP contribution in [-0.2, 0) is 19.6 Å². The smallest absolute Gasteiger partial charge is 0.335 e. The molecule has 2 rings (SSSR count). The molecule has 1 saturated heterocycles. The Bertz CT molecular complexity index is 700. The molecule has 0 radical (unpaired) electrons. The summed E-state index contributed by atoms with van der Waals surface area (Å²) in [6.07, 6.45) is 1.14. The number of piperidine rings is 1. The first-order valence-electron chi connectivity index (χ1n) is 7.36. The van der Waals surface area contributed by atoms with Gasteiger partial charge in [0, 0.05) is 13.1 Å². The van der Waals surface area contributed by atoms with E-state index in [2.05, 4.69) is 0 Å². The number of esters is 1. The van der Waals surface area contributed by atoms with E-state index in [-0.39, 0.29) is 23.6 Å². The van der Waals surface area contributed by atoms with E-state index >= 15 is 0 Å². The third-order valence-corrected chi connectivity index (χ3v) is 5.58. The maximum atomic E-state index is 12.7. The summed E-state index contributed by atoms with van der Waals surface area (Å²) in [6, 6.07) is 5.21. The lowest BCUT2D eigenvalue weighted by molar-refractivity contribution is -0.149. The number of hydrogen-bond acceptors (Lipinski definition) is 5. The van der Waals surface area contributed by atoms with E-state index in [1.807, 2.05) is 0 Å². The summed E-state index contributed by atoms with van der Waals surface area (Å²) >= 11 is 0. The molecule has 1 fully saturated rings. The molecule has 8 heteroatoms. The predicted octanol–water partition coefficient (Wildman–Crippen LogP) is 1.35. The number of carbonyl (C=O) groups excluding carboxylic acids is 1. The Morgan fingerprint density at radius 3 is 2.78 bits per heavy atom. The molecule has 1 atom stereocenters. The molecule has 1 heterocycles. The first-order chi connectivity index (χ1) is 10.9. The van der Waals surface area contributed by atoms with Crippen LogP contribution >= 0.6 is 0 Å². The molecule has 0 amide bonds. The van der Waals surface area contributed by atoms with E-state index in [1.165, 1.54) is 22.5 Å². The Labute approximate surface area is 134 Å². The zero-order chi connectivity index (χ0) is 17.0. The van der Waals surface area contributed by atoms with Crippen molar-refractivity contribution in [2.75, 3.05) is 19.7 Å². The highest BCUT2D eigenvalue weighted by Crippen LogP contribution is 2.25. The Kier molecular flexibility index (Phi) is 5.38. The quantitative estimate of drug-likeness (QED) is 0.811. The number of carboxylic acids is 1. The average molecular weight is 341 g/mol. The zero-order valence-electron chi connectivity index (χ0n) is 12.8. The normalized spacial score (nSPS) is 19.3. The lowest BCUT2D eigenvalue weighted by Crippen LogP contribution is -2.42. The summed E-state index contributed by atoms with van der Waals surface area (Å²) in [5.41, 5.74) is -0.0926. The zero-order valence-corrected chi connectivity index (χ0v) is 13.6. The minimum atomic E-state index is -3.84. The van der Waals surface area contributed by atoms with Gasteiger partial charge in [0.1, 0.15) is 0 Å². The van der Waals surface area contributed by atoms with Gasteiger partial charge in [-0.15, -0.1) is 0 Å². The van der Waals surface area contributed by atoms with Crippen LogP contribution in [0.1, 0.15) is 30.1 Å². The molecule has 1 N–H and O–H groups in total. The number of rotatable bonds is 5. The second-order valence-electron chi connectivity index (χ2n) is 5.29. The van der Waals surface area contributed by atoms with Crippen molar-refractivity contribution in [3.8, 4) is 0 Å². The highest BCUT2D eigenvalue weighted by Gasteiger charge is 2.34. The van der Waals surface area contributed by atoms with Crippen LogP contribution in [0.4, 0.5) is 0 Å². The molecule has 126 valence electrons. The monoisotopic (exact) mass is 341 g/mol. The number of hydrogen-bond donors (Lipinski definition) is 1. The van der Waals surface area contributed by atoms with Crippen molar-refractivity contribution in [2.24, 2.45) is 5.92 Å². The largest absolute Gasteiger partial charge is 0.478 e. The number of benzene rings is 1. The van der Waals surface area contributed by atoms with Gasteiger partial charge in [-0.3, -0.25) is 4.79 Å². The van der Waals surface area contributed by atoms with E-state index in [9.17, 15) is 18.0 Å². The van der Waals surface area contributed by atoms with Gasteiger partial charge in [-0.2, -0.15) is 4.31 Å². The minimum Gasteiger partial charge on any atom is -0.478 e. The van der Waals surface area contributed by atoms with Crippen molar-refractivity contribution in [2.45, 2.75) is 24.7 Å². The first-order valence-corrected chi connectivity index (χ1v) is 8.80. The van der Waals surface area contributed by atoms with Gasteiger partial charge >= 0.3 is 11.9 Å². The molecule has 7 nitrogen and oxygen atoms in total. The second-order valence-corrected chi connectivity index (χ2v) is 7.23. The molecule has 1 aromatic carbocycles. The summed E-state index contributed by atoms with van der Waals surface area (Å²) < 4.78 is 31.5. The summed E-state index contributed by atoms with van der Waals surface area (Å²) in [4.78, 5) is 22.7. The fourth-order valence-corrected chi connectivity index (χ4v) is 4.12. The average Bonchev–Trinajstić information content (AvgIpc) is 2.55. The van der Waals surface area contributed by atoms with Crippen LogP contribution in [0.3, 0.4) is 0 Å². The Hall–Kier alpha value is -1.93. The number of sulfonamides is 1. The standard InChI is InChI=1S/C15H19NO6S/c1-2-22-15(19)12-6-4-8-16(10-12)23(20,21)13-7-3-5-11(9-13)14(17)18/h3,5,7,9,12H,2,4,6,8,10H2,1H3,(H,17,18). The SMILES string of the molecule is CCOC(=O)C1CCCN(S(=O)(=O)c2cccc(C(=O)O)c2)C1. The molecule has 1 aliphatic rings. The number of nitrogens with zero attached hydrogens (tertiary/aromatic N) is 1. The summed E-state index contributed by atoms with van der Waals surface area (Å²) in [5.74, 6) is -2.07. The van der Waals surface area contributed by atoms with Crippen LogP contribution in [0.15, 0.2) is 29.2 Å². The fraction of sp³-hybridized carbons (Fsp3) is 0.467. The fourth-order valence-electron chi connectivity index (χ4n) is 2.55. The molecule has 0 spiro atoms. The molecule has 1 aromatic rings. The molecule has 0 bridgehead atoms. The molecular formula is C15H19NO6S. The molecular weight excluding hydrogens is 322 g/mol. The van der Waals surface area contributed by atoms with Crippen LogP contribution in [0.2, 0.25) is 0 Å². The minimum absolute atomic E-state index is 0.0540. The number of ether oxygens (including phenoxy) is 1. The molecule has 0 aromatic heterocycles. The molecule has 23 heavy (non-hydrogen) atoms. The van der Waals surface area contributed by atoms with Crippen LogP contribution < -0.4 is 0 Å². The van der Waals surface area contributed by atoms with E-state index < -0.39 is 27.9 Å². The molecule has 0 aliphatic carbocycles. The van der Waals surface area contributed by atoms with Crippen LogP contribution in [0, 0.1) is 5.92 Å². The van der Waals surface area contributed by atoms with Gasteiger partial charge in [0.05, 0.1) is 23.0 Å². The van der Waals surface area contributed by atoms with Gasteiger partial charge in [-0.1, -0.05) is 6.07 Å².